The first kappa shape index (κ1) is 11.0. The van der Waals surface area contributed by atoms with Crippen LogP contribution in [0.1, 0.15) is 36.0 Å². The van der Waals surface area contributed by atoms with Gasteiger partial charge < -0.3 is 10.3 Å². The number of aromatic nitrogens is 2. The summed E-state index contributed by atoms with van der Waals surface area (Å²) in [6.07, 6.45) is 8.74. The number of carbonyl (C=O) groups is 1. The highest BCUT2D eigenvalue weighted by molar-refractivity contribution is 6.05. The van der Waals surface area contributed by atoms with Crippen LogP contribution in [0.4, 0.5) is 0 Å². The molecule has 0 aromatic carbocycles. The molecule has 2 N–H and O–H groups in total. The van der Waals surface area contributed by atoms with E-state index in [1.807, 2.05) is 12.1 Å². The summed E-state index contributed by atoms with van der Waals surface area (Å²) in [4.78, 5) is 19.6. The third-order valence-corrected chi connectivity index (χ3v) is 4.62. The van der Waals surface area contributed by atoms with E-state index in [9.17, 15) is 4.79 Å². The maximum absolute atomic E-state index is 12.3. The molecule has 0 bridgehead atoms. The van der Waals surface area contributed by atoms with Gasteiger partial charge in [0.15, 0.2) is 0 Å². The van der Waals surface area contributed by atoms with Crippen molar-refractivity contribution >= 4 is 16.9 Å². The van der Waals surface area contributed by atoms with Crippen LogP contribution in [0.15, 0.2) is 24.5 Å². The smallest absolute Gasteiger partial charge is 0.255 e. The largest absolute Gasteiger partial charge is 0.359 e. The van der Waals surface area contributed by atoms with Crippen molar-refractivity contribution in [2.45, 2.75) is 25.7 Å². The molecule has 0 atom stereocenters. The van der Waals surface area contributed by atoms with Crippen LogP contribution in [0, 0.1) is 11.3 Å². The van der Waals surface area contributed by atoms with Gasteiger partial charge in [0.25, 0.3) is 5.91 Å². The maximum atomic E-state index is 12.3. The zero-order valence-electron chi connectivity index (χ0n) is 10.8. The quantitative estimate of drug-likeness (QED) is 0.881. The summed E-state index contributed by atoms with van der Waals surface area (Å²) in [7, 11) is 0. The van der Waals surface area contributed by atoms with E-state index < -0.39 is 0 Å². The number of H-pyrrole nitrogens is 1. The van der Waals surface area contributed by atoms with Gasteiger partial charge in [-0.1, -0.05) is 0 Å². The standard InChI is InChI=1S/C15H17N3O/c19-14(18-9-15(5-6-15)10-3-4-10)11-8-17-12-2-1-7-16-13(11)12/h1-2,7-8,10,17H,3-6,9H2,(H,18,19). The normalized spacial score (nSPS) is 20.4. The van der Waals surface area contributed by atoms with Crippen molar-refractivity contribution in [2.75, 3.05) is 6.54 Å². The Kier molecular flexibility index (Phi) is 2.22. The average Bonchev–Trinajstić information content (AvgIpc) is 3.32. The van der Waals surface area contributed by atoms with E-state index in [-0.39, 0.29) is 5.91 Å². The van der Waals surface area contributed by atoms with Gasteiger partial charge in [-0.15, -0.1) is 0 Å². The molecule has 98 valence electrons. The molecule has 2 heterocycles. The first-order valence-electron chi connectivity index (χ1n) is 6.99. The van der Waals surface area contributed by atoms with Gasteiger partial charge in [0.2, 0.25) is 0 Å². The minimum absolute atomic E-state index is 0.00289. The van der Waals surface area contributed by atoms with Gasteiger partial charge >= 0.3 is 0 Å². The summed E-state index contributed by atoms with van der Waals surface area (Å²) >= 11 is 0. The van der Waals surface area contributed by atoms with Crippen LogP contribution in [0.25, 0.3) is 11.0 Å². The molecule has 0 aliphatic heterocycles. The Balaban J connectivity index is 1.51. The fourth-order valence-corrected chi connectivity index (χ4v) is 3.06. The Morgan fingerprint density at radius 2 is 2.32 bits per heavy atom. The monoisotopic (exact) mass is 255 g/mol. The summed E-state index contributed by atoms with van der Waals surface area (Å²) in [5, 5.41) is 3.10. The molecule has 0 saturated heterocycles. The van der Waals surface area contributed by atoms with Crippen molar-refractivity contribution in [1.82, 2.24) is 15.3 Å². The Bertz CT molecular complexity index is 638. The zero-order valence-corrected chi connectivity index (χ0v) is 10.8. The van der Waals surface area contributed by atoms with E-state index >= 15 is 0 Å². The number of nitrogens with one attached hydrogen (secondary N) is 2. The summed E-state index contributed by atoms with van der Waals surface area (Å²) in [5.74, 6) is 0.866. The third kappa shape index (κ3) is 1.82. The Morgan fingerprint density at radius 3 is 3.05 bits per heavy atom. The lowest BCUT2D eigenvalue weighted by molar-refractivity contribution is 0.0944. The van der Waals surface area contributed by atoms with Crippen LogP contribution >= 0.6 is 0 Å². The van der Waals surface area contributed by atoms with Crippen LogP contribution < -0.4 is 5.32 Å². The SMILES string of the molecule is O=C(NCC1(C2CC2)CC1)c1c[nH]c2cccnc12. The maximum Gasteiger partial charge on any atom is 0.255 e. The summed E-state index contributed by atoms with van der Waals surface area (Å²) < 4.78 is 0. The summed E-state index contributed by atoms with van der Waals surface area (Å²) in [6.45, 7) is 0.829. The number of amides is 1. The van der Waals surface area contributed by atoms with Crippen LogP contribution in [-0.4, -0.2) is 22.4 Å². The molecule has 4 rings (SSSR count). The van der Waals surface area contributed by atoms with Crippen molar-refractivity contribution < 1.29 is 4.79 Å². The first-order valence-corrected chi connectivity index (χ1v) is 6.99. The zero-order chi connectivity index (χ0) is 12.9. The van der Waals surface area contributed by atoms with Crippen LogP contribution in [0.3, 0.4) is 0 Å². The lowest BCUT2D eigenvalue weighted by atomic mass is 10.0. The number of nitrogens with zero attached hydrogens (tertiary/aromatic N) is 1. The van der Waals surface area contributed by atoms with Crippen LogP contribution in [-0.2, 0) is 0 Å². The number of hydrogen-bond donors (Lipinski definition) is 2. The predicted molar refractivity (Wildman–Crippen MR) is 72.8 cm³/mol. The topological polar surface area (TPSA) is 57.8 Å². The van der Waals surface area contributed by atoms with E-state index in [0.717, 1.165) is 23.5 Å². The lowest BCUT2D eigenvalue weighted by Crippen LogP contribution is -2.31. The van der Waals surface area contributed by atoms with Crippen molar-refractivity contribution in [2.24, 2.45) is 11.3 Å². The molecule has 2 aliphatic rings. The van der Waals surface area contributed by atoms with Gasteiger partial charge in [-0.05, 0) is 49.1 Å². The second-order valence-corrected chi connectivity index (χ2v) is 5.92. The molecule has 2 aliphatic carbocycles. The Labute approximate surface area is 111 Å². The molecule has 0 unspecified atom stereocenters. The van der Waals surface area contributed by atoms with Crippen molar-refractivity contribution in [3.8, 4) is 0 Å². The highest BCUT2D eigenvalue weighted by Crippen LogP contribution is 2.60. The minimum Gasteiger partial charge on any atom is -0.359 e. The molecule has 2 aromatic heterocycles. The fraction of sp³-hybridized carbons (Fsp3) is 0.467. The molecule has 2 fully saturated rings. The molecular weight excluding hydrogens is 238 g/mol. The second-order valence-electron chi connectivity index (χ2n) is 5.92. The van der Waals surface area contributed by atoms with Gasteiger partial charge in [-0.25, -0.2) is 0 Å². The van der Waals surface area contributed by atoms with Crippen LogP contribution in [0.5, 0.6) is 0 Å². The van der Waals surface area contributed by atoms with Gasteiger partial charge in [-0.3, -0.25) is 9.78 Å². The molecule has 0 spiro atoms. The second kappa shape index (κ2) is 3.83. The summed E-state index contributed by atoms with van der Waals surface area (Å²) in [6, 6.07) is 3.80. The fourth-order valence-electron chi connectivity index (χ4n) is 3.06. The first-order chi connectivity index (χ1) is 9.28. The van der Waals surface area contributed by atoms with Gasteiger partial charge in [0.1, 0.15) is 5.52 Å². The molecule has 2 aromatic rings. The van der Waals surface area contributed by atoms with E-state index in [4.69, 9.17) is 0 Å². The molecule has 4 nitrogen and oxygen atoms in total. The average molecular weight is 255 g/mol. The molecule has 2 saturated carbocycles. The Hall–Kier alpha value is -1.84. The van der Waals surface area contributed by atoms with Gasteiger partial charge in [0, 0.05) is 18.9 Å². The molecular formula is C15H17N3O. The Morgan fingerprint density at radius 1 is 1.47 bits per heavy atom. The van der Waals surface area contributed by atoms with Gasteiger partial charge in [-0.2, -0.15) is 0 Å². The predicted octanol–water partition coefficient (Wildman–Crippen LogP) is 2.48. The summed E-state index contributed by atoms with van der Waals surface area (Å²) in [5.41, 5.74) is 2.77. The number of carbonyl (C=O) groups excluding carboxylic acids is 1. The lowest BCUT2D eigenvalue weighted by Gasteiger charge is -2.14. The highest BCUT2D eigenvalue weighted by Gasteiger charge is 2.53. The van der Waals surface area contributed by atoms with E-state index in [1.54, 1.807) is 12.4 Å². The minimum atomic E-state index is -0.00289. The molecule has 19 heavy (non-hydrogen) atoms. The number of hydrogen-bond acceptors (Lipinski definition) is 2. The molecule has 0 radical (unpaired) electrons. The van der Waals surface area contributed by atoms with E-state index in [0.29, 0.717) is 11.0 Å². The highest BCUT2D eigenvalue weighted by atomic mass is 16.1. The number of rotatable bonds is 4. The van der Waals surface area contributed by atoms with Crippen molar-refractivity contribution in [3.63, 3.8) is 0 Å². The van der Waals surface area contributed by atoms with Crippen molar-refractivity contribution in [1.29, 1.82) is 0 Å². The van der Waals surface area contributed by atoms with E-state index in [2.05, 4.69) is 15.3 Å². The third-order valence-electron chi connectivity index (χ3n) is 4.62. The molecule has 4 heteroatoms. The van der Waals surface area contributed by atoms with E-state index in [1.165, 1.54) is 25.7 Å². The molecule has 1 amide bonds. The number of fused-ring (bicyclic) bond motifs is 1. The van der Waals surface area contributed by atoms with Gasteiger partial charge in [0.05, 0.1) is 11.1 Å². The van der Waals surface area contributed by atoms with Crippen molar-refractivity contribution in [3.05, 3.63) is 30.1 Å². The van der Waals surface area contributed by atoms with Crippen LogP contribution in [0.2, 0.25) is 0 Å². The number of aromatic amines is 1. The number of pyridine rings is 1.